The monoisotopic (exact) mass is 262 g/mol. The second kappa shape index (κ2) is 7.36. The van der Waals surface area contributed by atoms with Gasteiger partial charge in [-0.3, -0.25) is 0 Å². The van der Waals surface area contributed by atoms with Crippen molar-refractivity contribution in [3.05, 3.63) is 47.0 Å². The van der Waals surface area contributed by atoms with E-state index in [0.717, 1.165) is 5.57 Å². The largest absolute Gasteiger partial charge is 0.462 e. The summed E-state index contributed by atoms with van der Waals surface area (Å²) in [5.41, 5.74) is 1.76. The summed E-state index contributed by atoms with van der Waals surface area (Å²) in [6.07, 6.45) is 1.81. The molecule has 19 heavy (non-hydrogen) atoms. The molecular formula is C15H18O4. The molecule has 102 valence electrons. The molecule has 0 aliphatic rings. The van der Waals surface area contributed by atoms with Crippen LogP contribution in [0.4, 0.5) is 0 Å². The Balaban J connectivity index is 2.73. The maximum atomic E-state index is 11.8. The Kier molecular flexibility index (Phi) is 5.79. The molecule has 1 rings (SSSR count). The molecule has 0 aromatic heterocycles. The van der Waals surface area contributed by atoms with E-state index in [0.29, 0.717) is 17.7 Å². The fraction of sp³-hybridized carbons (Fsp3) is 0.333. The van der Waals surface area contributed by atoms with Gasteiger partial charge in [0.1, 0.15) is 6.61 Å². The molecule has 0 saturated heterocycles. The van der Waals surface area contributed by atoms with Crippen molar-refractivity contribution >= 4 is 11.9 Å². The van der Waals surface area contributed by atoms with E-state index in [1.54, 1.807) is 25.1 Å². The predicted octanol–water partition coefficient (Wildman–Crippen LogP) is 2.99. The minimum absolute atomic E-state index is 0.227. The number of ether oxygens (including phenoxy) is 2. The molecule has 0 N–H and O–H groups in total. The number of benzene rings is 1. The topological polar surface area (TPSA) is 52.6 Å². The van der Waals surface area contributed by atoms with Crippen LogP contribution in [0.3, 0.4) is 0 Å². The molecule has 0 fully saturated rings. The molecule has 0 radical (unpaired) electrons. The van der Waals surface area contributed by atoms with Crippen molar-refractivity contribution in [1.29, 1.82) is 0 Å². The predicted molar refractivity (Wildman–Crippen MR) is 72.1 cm³/mol. The van der Waals surface area contributed by atoms with Gasteiger partial charge in [-0.2, -0.15) is 0 Å². The van der Waals surface area contributed by atoms with E-state index < -0.39 is 11.9 Å². The molecule has 0 saturated carbocycles. The minimum atomic E-state index is -0.455. The zero-order valence-electron chi connectivity index (χ0n) is 11.4. The van der Waals surface area contributed by atoms with E-state index in [2.05, 4.69) is 0 Å². The van der Waals surface area contributed by atoms with Crippen molar-refractivity contribution in [1.82, 2.24) is 0 Å². The van der Waals surface area contributed by atoms with Crippen LogP contribution < -0.4 is 0 Å². The Morgan fingerprint density at radius 2 is 1.68 bits per heavy atom. The average molecular weight is 262 g/mol. The highest BCUT2D eigenvalue weighted by atomic mass is 16.5. The van der Waals surface area contributed by atoms with E-state index >= 15 is 0 Å². The SMILES string of the molecule is CCOC(=O)c1cccc(C(=O)OCC=C(C)C)c1. The van der Waals surface area contributed by atoms with Gasteiger partial charge in [0.2, 0.25) is 0 Å². The Morgan fingerprint density at radius 3 is 2.21 bits per heavy atom. The summed E-state index contributed by atoms with van der Waals surface area (Å²) in [7, 11) is 0. The van der Waals surface area contributed by atoms with E-state index in [9.17, 15) is 9.59 Å². The standard InChI is InChI=1S/C15H18O4/c1-4-18-14(16)12-6-5-7-13(10-12)15(17)19-9-8-11(2)3/h5-8,10H,4,9H2,1-3H3. The van der Waals surface area contributed by atoms with Crippen LogP contribution in [0, 0.1) is 0 Å². The van der Waals surface area contributed by atoms with Crippen molar-refractivity contribution in [3.63, 3.8) is 0 Å². The summed E-state index contributed by atoms with van der Waals surface area (Å²) in [6.45, 7) is 6.11. The normalized spacial score (nSPS) is 9.63. The van der Waals surface area contributed by atoms with Gasteiger partial charge in [0.25, 0.3) is 0 Å². The van der Waals surface area contributed by atoms with Crippen molar-refractivity contribution in [2.24, 2.45) is 0 Å². The van der Waals surface area contributed by atoms with Crippen LogP contribution in [0.5, 0.6) is 0 Å². The molecule has 1 aromatic carbocycles. The second-order valence-corrected chi connectivity index (χ2v) is 4.18. The maximum absolute atomic E-state index is 11.8. The first-order valence-electron chi connectivity index (χ1n) is 6.12. The van der Waals surface area contributed by atoms with Crippen LogP contribution in [0.1, 0.15) is 41.5 Å². The third kappa shape index (κ3) is 4.95. The van der Waals surface area contributed by atoms with Crippen molar-refractivity contribution in [3.8, 4) is 0 Å². The lowest BCUT2D eigenvalue weighted by Crippen LogP contribution is -2.09. The first-order chi connectivity index (χ1) is 9.04. The summed E-state index contributed by atoms with van der Waals surface area (Å²) in [5.74, 6) is -0.898. The van der Waals surface area contributed by atoms with Gasteiger partial charge in [-0.25, -0.2) is 9.59 Å². The van der Waals surface area contributed by atoms with E-state index in [1.807, 2.05) is 19.9 Å². The highest BCUT2D eigenvalue weighted by Gasteiger charge is 2.11. The third-order valence-corrected chi connectivity index (χ3v) is 2.32. The number of hydrogen-bond donors (Lipinski definition) is 0. The summed E-state index contributed by atoms with van der Waals surface area (Å²) in [5, 5.41) is 0. The molecule has 0 bridgehead atoms. The lowest BCUT2D eigenvalue weighted by molar-refractivity contribution is 0.0526. The number of allylic oxidation sites excluding steroid dienone is 1. The van der Waals surface area contributed by atoms with Crippen LogP contribution in [0.25, 0.3) is 0 Å². The van der Waals surface area contributed by atoms with E-state index in [-0.39, 0.29) is 6.61 Å². The highest BCUT2D eigenvalue weighted by Crippen LogP contribution is 2.08. The third-order valence-electron chi connectivity index (χ3n) is 2.32. The molecular weight excluding hydrogens is 244 g/mol. The number of rotatable bonds is 5. The van der Waals surface area contributed by atoms with Crippen LogP contribution in [-0.4, -0.2) is 25.2 Å². The molecule has 0 unspecified atom stereocenters. The average Bonchev–Trinajstić information content (AvgIpc) is 2.38. The number of carbonyl (C=O) groups is 2. The zero-order valence-corrected chi connectivity index (χ0v) is 11.4. The van der Waals surface area contributed by atoms with E-state index in [1.165, 1.54) is 6.07 Å². The molecule has 0 heterocycles. The fourth-order valence-corrected chi connectivity index (χ4v) is 1.35. The highest BCUT2D eigenvalue weighted by molar-refractivity contribution is 5.95. The summed E-state index contributed by atoms with van der Waals surface area (Å²) in [6, 6.07) is 6.31. The van der Waals surface area contributed by atoms with Gasteiger partial charge in [0.15, 0.2) is 0 Å². The molecule has 0 aliphatic heterocycles. The van der Waals surface area contributed by atoms with Crippen LogP contribution in [0.15, 0.2) is 35.9 Å². The molecule has 4 heteroatoms. The molecule has 1 aromatic rings. The zero-order chi connectivity index (χ0) is 14.3. The Bertz CT molecular complexity index is 485. The first kappa shape index (κ1) is 15.0. The van der Waals surface area contributed by atoms with Crippen molar-refractivity contribution in [2.75, 3.05) is 13.2 Å². The van der Waals surface area contributed by atoms with Gasteiger partial charge in [-0.15, -0.1) is 0 Å². The van der Waals surface area contributed by atoms with E-state index in [4.69, 9.17) is 9.47 Å². The lowest BCUT2D eigenvalue weighted by atomic mass is 10.1. The van der Waals surface area contributed by atoms with Crippen molar-refractivity contribution in [2.45, 2.75) is 20.8 Å². The summed E-state index contributed by atoms with van der Waals surface area (Å²) < 4.78 is 9.94. The number of hydrogen-bond acceptors (Lipinski definition) is 4. The van der Waals surface area contributed by atoms with Crippen LogP contribution in [-0.2, 0) is 9.47 Å². The first-order valence-corrected chi connectivity index (χ1v) is 6.12. The molecule has 0 amide bonds. The Labute approximate surface area is 113 Å². The molecule has 0 spiro atoms. The smallest absolute Gasteiger partial charge is 0.338 e. The molecule has 0 aliphatic carbocycles. The number of esters is 2. The second-order valence-electron chi connectivity index (χ2n) is 4.18. The number of carbonyl (C=O) groups excluding carboxylic acids is 2. The van der Waals surface area contributed by atoms with Crippen molar-refractivity contribution < 1.29 is 19.1 Å². The fourth-order valence-electron chi connectivity index (χ4n) is 1.35. The van der Waals surface area contributed by atoms with Crippen LogP contribution in [0.2, 0.25) is 0 Å². The van der Waals surface area contributed by atoms with Crippen LogP contribution >= 0.6 is 0 Å². The summed E-state index contributed by atoms with van der Waals surface area (Å²) >= 11 is 0. The van der Waals surface area contributed by atoms with Gasteiger partial charge in [-0.05, 0) is 45.0 Å². The molecule has 0 atom stereocenters. The Hall–Kier alpha value is -2.10. The van der Waals surface area contributed by atoms with Gasteiger partial charge in [0, 0.05) is 0 Å². The summed E-state index contributed by atoms with van der Waals surface area (Å²) in [4.78, 5) is 23.3. The van der Waals surface area contributed by atoms with Gasteiger partial charge in [-0.1, -0.05) is 11.6 Å². The quantitative estimate of drug-likeness (QED) is 0.604. The minimum Gasteiger partial charge on any atom is -0.462 e. The lowest BCUT2D eigenvalue weighted by Gasteiger charge is -2.05. The van der Waals surface area contributed by atoms with Gasteiger partial charge < -0.3 is 9.47 Å². The van der Waals surface area contributed by atoms with Gasteiger partial charge >= 0.3 is 11.9 Å². The Morgan fingerprint density at radius 1 is 1.11 bits per heavy atom. The molecule has 4 nitrogen and oxygen atoms in total. The van der Waals surface area contributed by atoms with Gasteiger partial charge in [0.05, 0.1) is 17.7 Å². The maximum Gasteiger partial charge on any atom is 0.338 e.